The molecule has 4 rings (SSSR count). The Morgan fingerprint density at radius 1 is 1.22 bits per heavy atom. The lowest BCUT2D eigenvalue weighted by Crippen LogP contribution is -2.44. The molecule has 0 bridgehead atoms. The van der Waals surface area contributed by atoms with Crippen molar-refractivity contribution in [2.75, 3.05) is 31.1 Å². The van der Waals surface area contributed by atoms with Crippen LogP contribution in [-0.2, 0) is 0 Å². The topological polar surface area (TPSA) is 64.8 Å². The van der Waals surface area contributed by atoms with Gasteiger partial charge in [-0.1, -0.05) is 6.07 Å². The highest BCUT2D eigenvalue weighted by Crippen LogP contribution is 2.31. The van der Waals surface area contributed by atoms with Crippen LogP contribution in [0.1, 0.15) is 5.56 Å². The quantitative estimate of drug-likeness (QED) is 0.698. The van der Waals surface area contributed by atoms with Crippen LogP contribution in [0.3, 0.4) is 0 Å². The molecule has 0 atom stereocenters. The molecule has 0 saturated carbocycles. The molecule has 2 aromatic heterocycles. The number of fused-ring (bicyclic) bond motifs is 3. The van der Waals surface area contributed by atoms with Gasteiger partial charge in [0.2, 0.25) is 0 Å². The molecule has 0 spiro atoms. The van der Waals surface area contributed by atoms with Crippen LogP contribution in [0, 0.1) is 17.1 Å². The summed E-state index contributed by atoms with van der Waals surface area (Å²) in [5, 5.41) is 14.0. The zero-order chi connectivity index (χ0) is 15.8. The van der Waals surface area contributed by atoms with Gasteiger partial charge < -0.3 is 10.2 Å². The van der Waals surface area contributed by atoms with Crippen LogP contribution in [0.5, 0.6) is 0 Å². The summed E-state index contributed by atoms with van der Waals surface area (Å²) in [7, 11) is 0. The highest BCUT2D eigenvalue weighted by Gasteiger charge is 2.18. The molecule has 1 N–H and O–H groups in total. The summed E-state index contributed by atoms with van der Waals surface area (Å²) in [5.41, 5.74) is 1.37. The number of halogens is 1. The number of hydrogen-bond donors (Lipinski definition) is 1. The second-order valence-corrected chi connectivity index (χ2v) is 5.53. The van der Waals surface area contributed by atoms with Crippen molar-refractivity contribution in [3.05, 3.63) is 41.8 Å². The molecule has 23 heavy (non-hydrogen) atoms. The van der Waals surface area contributed by atoms with Gasteiger partial charge in [0.15, 0.2) is 5.82 Å². The van der Waals surface area contributed by atoms with E-state index >= 15 is 0 Å². The lowest BCUT2D eigenvalue weighted by atomic mass is 10.1. The smallest absolute Gasteiger partial charge is 0.155 e. The number of nitrogens with zero attached hydrogens (tertiary/aromatic N) is 4. The molecule has 1 aromatic carbocycles. The van der Waals surface area contributed by atoms with E-state index in [0.717, 1.165) is 48.3 Å². The maximum absolute atomic E-state index is 14.0. The third-order valence-electron chi connectivity index (χ3n) is 4.16. The van der Waals surface area contributed by atoms with Gasteiger partial charge in [-0.2, -0.15) is 5.26 Å². The first-order chi connectivity index (χ1) is 11.3. The van der Waals surface area contributed by atoms with Crippen LogP contribution in [0.4, 0.5) is 10.2 Å². The van der Waals surface area contributed by atoms with Crippen molar-refractivity contribution in [2.24, 2.45) is 0 Å². The zero-order valence-corrected chi connectivity index (χ0v) is 12.4. The first kappa shape index (κ1) is 13.9. The van der Waals surface area contributed by atoms with Crippen molar-refractivity contribution in [3.8, 4) is 6.07 Å². The third-order valence-corrected chi connectivity index (χ3v) is 4.16. The number of pyridine rings is 2. The molecule has 0 radical (unpaired) electrons. The van der Waals surface area contributed by atoms with Gasteiger partial charge in [-0.3, -0.25) is 4.98 Å². The summed E-state index contributed by atoms with van der Waals surface area (Å²) in [6.07, 6.45) is 1.73. The van der Waals surface area contributed by atoms with Gasteiger partial charge in [0, 0.05) is 49.2 Å². The summed E-state index contributed by atoms with van der Waals surface area (Å²) in [6.45, 7) is 3.44. The maximum Gasteiger partial charge on any atom is 0.155 e. The molecule has 1 saturated heterocycles. The molecule has 6 heteroatoms. The Hall–Kier alpha value is -2.78. The maximum atomic E-state index is 14.0. The molecular weight excluding hydrogens is 293 g/mol. The molecule has 0 amide bonds. The van der Waals surface area contributed by atoms with E-state index in [2.05, 4.69) is 20.2 Å². The van der Waals surface area contributed by atoms with Gasteiger partial charge in [0.05, 0.1) is 11.1 Å². The minimum Gasteiger partial charge on any atom is -0.352 e. The van der Waals surface area contributed by atoms with E-state index < -0.39 is 5.82 Å². The largest absolute Gasteiger partial charge is 0.352 e. The standard InChI is InChI=1S/C17H14FN5/c18-14-9-15-13(8-11(14)10-19)12-2-1-3-21-16(12)17(22-15)23-6-4-20-5-7-23/h1-3,8-9,20H,4-7H2. The number of piperazine rings is 1. The number of hydrogen-bond acceptors (Lipinski definition) is 5. The summed E-state index contributed by atoms with van der Waals surface area (Å²) < 4.78 is 14.0. The first-order valence-corrected chi connectivity index (χ1v) is 7.51. The van der Waals surface area contributed by atoms with Crippen molar-refractivity contribution in [1.29, 1.82) is 5.26 Å². The van der Waals surface area contributed by atoms with E-state index in [4.69, 9.17) is 5.26 Å². The monoisotopic (exact) mass is 307 g/mol. The van der Waals surface area contributed by atoms with Crippen LogP contribution in [0.15, 0.2) is 30.5 Å². The van der Waals surface area contributed by atoms with Gasteiger partial charge in [-0.15, -0.1) is 0 Å². The van der Waals surface area contributed by atoms with E-state index in [9.17, 15) is 4.39 Å². The Balaban J connectivity index is 2.04. The van der Waals surface area contributed by atoms with Gasteiger partial charge in [0.25, 0.3) is 0 Å². The Kier molecular flexibility index (Phi) is 3.28. The highest BCUT2D eigenvalue weighted by atomic mass is 19.1. The number of rotatable bonds is 1. The fourth-order valence-corrected chi connectivity index (χ4v) is 3.02. The number of benzene rings is 1. The van der Waals surface area contributed by atoms with Crippen LogP contribution >= 0.6 is 0 Å². The molecule has 1 fully saturated rings. The molecule has 114 valence electrons. The van der Waals surface area contributed by atoms with Gasteiger partial charge in [-0.25, -0.2) is 9.37 Å². The van der Waals surface area contributed by atoms with Crippen molar-refractivity contribution in [2.45, 2.75) is 0 Å². The Morgan fingerprint density at radius 2 is 2.04 bits per heavy atom. The average molecular weight is 307 g/mol. The van der Waals surface area contributed by atoms with E-state index in [0.29, 0.717) is 5.52 Å². The van der Waals surface area contributed by atoms with Crippen molar-refractivity contribution in [1.82, 2.24) is 15.3 Å². The number of aromatic nitrogens is 2. The van der Waals surface area contributed by atoms with Crippen LogP contribution in [0.2, 0.25) is 0 Å². The fourth-order valence-electron chi connectivity index (χ4n) is 3.02. The average Bonchev–Trinajstić information content (AvgIpc) is 2.61. The number of anilines is 1. The van der Waals surface area contributed by atoms with Gasteiger partial charge in [-0.05, 0) is 12.1 Å². The molecule has 3 aromatic rings. The lowest BCUT2D eigenvalue weighted by molar-refractivity contribution is 0.586. The van der Waals surface area contributed by atoms with Crippen LogP contribution in [0.25, 0.3) is 21.8 Å². The van der Waals surface area contributed by atoms with Crippen LogP contribution in [-0.4, -0.2) is 36.1 Å². The highest BCUT2D eigenvalue weighted by molar-refractivity contribution is 6.08. The van der Waals surface area contributed by atoms with E-state index in [1.165, 1.54) is 6.07 Å². The summed E-state index contributed by atoms with van der Waals surface area (Å²) in [4.78, 5) is 11.3. The van der Waals surface area contributed by atoms with Crippen molar-refractivity contribution < 1.29 is 4.39 Å². The normalized spacial score (nSPS) is 15.0. The van der Waals surface area contributed by atoms with Gasteiger partial charge >= 0.3 is 0 Å². The third kappa shape index (κ3) is 2.26. The molecule has 5 nitrogen and oxygen atoms in total. The Bertz CT molecular complexity index is 941. The first-order valence-electron chi connectivity index (χ1n) is 7.51. The van der Waals surface area contributed by atoms with Crippen molar-refractivity contribution >= 4 is 27.6 Å². The minimum absolute atomic E-state index is 0.0272. The molecule has 1 aliphatic rings. The second kappa shape index (κ2) is 5.45. The zero-order valence-electron chi connectivity index (χ0n) is 12.4. The second-order valence-electron chi connectivity index (χ2n) is 5.53. The molecule has 1 aliphatic heterocycles. The molecular formula is C17H14FN5. The van der Waals surface area contributed by atoms with E-state index in [1.54, 1.807) is 12.3 Å². The SMILES string of the molecule is N#Cc1cc2c(cc1F)nc(N1CCNCC1)c1ncccc12. The summed E-state index contributed by atoms with van der Waals surface area (Å²) in [5.74, 6) is 0.237. The number of nitriles is 1. The van der Waals surface area contributed by atoms with E-state index in [1.807, 2.05) is 18.2 Å². The van der Waals surface area contributed by atoms with Crippen LogP contribution < -0.4 is 10.2 Å². The predicted octanol–water partition coefficient (Wildman–Crippen LogP) is 2.20. The fraction of sp³-hybridized carbons (Fsp3) is 0.235. The van der Waals surface area contributed by atoms with Crippen molar-refractivity contribution in [3.63, 3.8) is 0 Å². The van der Waals surface area contributed by atoms with Gasteiger partial charge in [0.1, 0.15) is 17.4 Å². The Morgan fingerprint density at radius 3 is 2.83 bits per heavy atom. The molecule has 0 aliphatic carbocycles. The lowest BCUT2D eigenvalue weighted by Gasteiger charge is -2.29. The molecule has 0 unspecified atom stereocenters. The Labute approximate surface area is 132 Å². The minimum atomic E-state index is -0.540. The van der Waals surface area contributed by atoms with E-state index in [-0.39, 0.29) is 5.56 Å². The summed E-state index contributed by atoms with van der Waals surface area (Å²) >= 11 is 0. The summed E-state index contributed by atoms with van der Waals surface area (Å²) in [6, 6.07) is 8.57. The number of nitrogens with one attached hydrogen (secondary N) is 1. The predicted molar refractivity (Wildman–Crippen MR) is 86.8 cm³/mol. The molecule has 3 heterocycles.